The Morgan fingerprint density at radius 3 is 2.21 bits per heavy atom. The first-order valence-corrected chi connectivity index (χ1v) is 6.63. The molecule has 1 aromatic carbocycles. The Morgan fingerprint density at radius 2 is 1.63 bits per heavy atom. The SMILES string of the molecule is O=Cc1ccc(-c2ccc(N3CCCC3)nc2)cc1. The third-order valence-corrected chi connectivity index (χ3v) is 3.56. The predicted octanol–water partition coefficient (Wildman–Crippen LogP) is 3.16. The molecule has 0 aliphatic carbocycles. The van der Waals surface area contributed by atoms with E-state index >= 15 is 0 Å². The van der Waals surface area contributed by atoms with Crippen LogP contribution in [0.2, 0.25) is 0 Å². The zero-order valence-electron chi connectivity index (χ0n) is 10.7. The van der Waals surface area contributed by atoms with E-state index in [0.717, 1.165) is 36.3 Å². The Balaban J connectivity index is 1.82. The summed E-state index contributed by atoms with van der Waals surface area (Å²) in [6.07, 6.45) is 5.29. The number of pyridine rings is 1. The fourth-order valence-electron chi connectivity index (χ4n) is 2.44. The molecule has 0 radical (unpaired) electrons. The van der Waals surface area contributed by atoms with Crippen LogP contribution in [-0.4, -0.2) is 24.4 Å². The summed E-state index contributed by atoms with van der Waals surface area (Å²) >= 11 is 0. The van der Waals surface area contributed by atoms with Gasteiger partial charge in [0.05, 0.1) is 0 Å². The second-order valence-electron chi connectivity index (χ2n) is 4.84. The summed E-state index contributed by atoms with van der Waals surface area (Å²) in [6, 6.07) is 11.7. The van der Waals surface area contributed by atoms with Gasteiger partial charge in [0.15, 0.2) is 0 Å². The number of aldehydes is 1. The highest BCUT2D eigenvalue weighted by atomic mass is 16.1. The van der Waals surface area contributed by atoms with Gasteiger partial charge >= 0.3 is 0 Å². The fourth-order valence-corrected chi connectivity index (χ4v) is 2.44. The second kappa shape index (κ2) is 5.22. The van der Waals surface area contributed by atoms with Gasteiger partial charge in [-0.1, -0.05) is 24.3 Å². The van der Waals surface area contributed by atoms with Crippen LogP contribution in [0.4, 0.5) is 5.82 Å². The zero-order valence-corrected chi connectivity index (χ0v) is 10.7. The minimum Gasteiger partial charge on any atom is -0.357 e. The number of carbonyl (C=O) groups is 1. The van der Waals surface area contributed by atoms with Crippen LogP contribution < -0.4 is 4.90 Å². The van der Waals surface area contributed by atoms with E-state index in [1.807, 2.05) is 30.5 Å². The van der Waals surface area contributed by atoms with E-state index < -0.39 is 0 Å². The van der Waals surface area contributed by atoms with Crippen molar-refractivity contribution in [3.63, 3.8) is 0 Å². The Labute approximate surface area is 112 Å². The zero-order chi connectivity index (χ0) is 13.1. The van der Waals surface area contributed by atoms with Crippen molar-refractivity contribution in [3.8, 4) is 11.1 Å². The third kappa shape index (κ3) is 2.50. The number of nitrogens with zero attached hydrogens (tertiary/aromatic N) is 2. The first-order chi connectivity index (χ1) is 9.36. The van der Waals surface area contributed by atoms with Gasteiger partial charge in [-0.3, -0.25) is 4.79 Å². The Morgan fingerprint density at radius 1 is 0.947 bits per heavy atom. The predicted molar refractivity (Wildman–Crippen MR) is 76.5 cm³/mol. The van der Waals surface area contributed by atoms with Crippen molar-refractivity contribution in [1.82, 2.24) is 4.98 Å². The smallest absolute Gasteiger partial charge is 0.150 e. The summed E-state index contributed by atoms with van der Waals surface area (Å²) in [7, 11) is 0. The number of hydrogen-bond donors (Lipinski definition) is 0. The van der Waals surface area contributed by atoms with Crippen LogP contribution in [0.25, 0.3) is 11.1 Å². The highest BCUT2D eigenvalue weighted by Crippen LogP contribution is 2.23. The molecule has 96 valence electrons. The quantitative estimate of drug-likeness (QED) is 0.787. The molecule has 0 atom stereocenters. The molecule has 0 N–H and O–H groups in total. The molecular weight excluding hydrogens is 236 g/mol. The van der Waals surface area contributed by atoms with Crippen LogP contribution in [0.1, 0.15) is 23.2 Å². The van der Waals surface area contributed by atoms with Crippen molar-refractivity contribution in [3.05, 3.63) is 48.2 Å². The molecular formula is C16H16N2O. The van der Waals surface area contributed by atoms with Crippen molar-refractivity contribution in [2.45, 2.75) is 12.8 Å². The largest absolute Gasteiger partial charge is 0.357 e. The lowest BCUT2D eigenvalue weighted by molar-refractivity contribution is 0.112. The van der Waals surface area contributed by atoms with Crippen LogP contribution in [0.5, 0.6) is 0 Å². The molecule has 0 spiro atoms. The molecule has 2 aromatic rings. The average Bonchev–Trinajstić information content (AvgIpc) is 3.02. The van der Waals surface area contributed by atoms with E-state index in [2.05, 4.69) is 22.0 Å². The van der Waals surface area contributed by atoms with Gasteiger partial charge in [-0.05, 0) is 30.5 Å². The van der Waals surface area contributed by atoms with Gasteiger partial charge in [0.25, 0.3) is 0 Å². The fraction of sp³-hybridized carbons (Fsp3) is 0.250. The number of hydrogen-bond acceptors (Lipinski definition) is 3. The lowest BCUT2D eigenvalue weighted by atomic mass is 10.1. The Hall–Kier alpha value is -2.16. The maximum Gasteiger partial charge on any atom is 0.150 e. The van der Waals surface area contributed by atoms with Gasteiger partial charge in [0.1, 0.15) is 12.1 Å². The molecule has 0 saturated carbocycles. The van der Waals surface area contributed by atoms with Crippen LogP contribution >= 0.6 is 0 Å². The monoisotopic (exact) mass is 252 g/mol. The second-order valence-corrected chi connectivity index (χ2v) is 4.84. The van der Waals surface area contributed by atoms with E-state index in [4.69, 9.17) is 0 Å². The molecule has 0 unspecified atom stereocenters. The number of carbonyl (C=O) groups excluding carboxylic acids is 1. The standard InChI is InChI=1S/C16H16N2O/c19-12-13-3-5-14(6-4-13)15-7-8-16(17-11-15)18-9-1-2-10-18/h3-8,11-12H,1-2,9-10H2. The molecule has 3 rings (SSSR count). The number of rotatable bonds is 3. The minimum atomic E-state index is 0.699. The Bertz CT molecular complexity index is 554. The lowest BCUT2D eigenvalue weighted by Crippen LogP contribution is -2.18. The van der Waals surface area contributed by atoms with E-state index in [1.165, 1.54) is 12.8 Å². The molecule has 2 heterocycles. The maximum atomic E-state index is 10.6. The summed E-state index contributed by atoms with van der Waals surface area (Å²) < 4.78 is 0. The highest BCUT2D eigenvalue weighted by molar-refractivity contribution is 5.76. The molecule has 3 heteroatoms. The number of benzene rings is 1. The van der Waals surface area contributed by atoms with Crippen LogP contribution in [0.3, 0.4) is 0 Å². The van der Waals surface area contributed by atoms with Crippen molar-refractivity contribution >= 4 is 12.1 Å². The molecule has 1 aliphatic rings. The summed E-state index contributed by atoms with van der Waals surface area (Å²) in [6.45, 7) is 2.22. The molecule has 0 bridgehead atoms. The third-order valence-electron chi connectivity index (χ3n) is 3.56. The first kappa shape index (κ1) is 11.9. The summed E-state index contributed by atoms with van der Waals surface area (Å²) in [5, 5.41) is 0. The summed E-state index contributed by atoms with van der Waals surface area (Å²) in [4.78, 5) is 17.5. The normalized spacial score (nSPS) is 14.6. The van der Waals surface area contributed by atoms with Crippen LogP contribution in [0, 0.1) is 0 Å². The maximum absolute atomic E-state index is 10.6. The molecule has 1 aliphatic heterocycles. The minimum absolute atomic E-state index is 0.699. The van der Waals surface area contributed by atoms with Crippen LogP contribution in [-0.2, 0) is 0 Å². The van der Waals surface area contributed by atoms with E-state index in [0.29, 0.717) is 5.56 Å². The van der Waals surface area contributed by atoms with Crippen molar-refractivity contribution in [2.24, 2.45) is 0 Å². The topological polar surface area (TPSA) is 33.2 Å². The molecule has 0 amide bonds. The van der Waals surface area contributed by atoms with Gasteiger partial charge in [0, 0.05) is 30.4 Å². The average molecular weight is 252 g/mol. The highest BCUT2D eigenvalue weighted by Gasteiger charge is 2.13. The summed E-state index contributed by atoms with van der Waals surface area (Å²) in [5.74, 6) is 1.06. The molecule has 1 fully saturated rings. The molecule has 1 saturated heterocycles. The van der Waals surface area contributed by atoms with Crippen molar-refractivity contribution in [1.29, 1.82) is 0 Å². The molecule has 1 aromatic heterocycles. The Kier molecular flexibility index (Phi) is 3.27. The van der Waals surface area contributed by atoms with Crippen LogP contribution in [0.15, 0.2) is 42.6 Å². The molecule has 3 nitrogen and oxygen atoms in total. The van der Waals surface area contributed by atoms with Gasteiger partial charge in [-0.15, -0.1) is 0 Å². The summed E-state index contributed by atoms with van der Waals surface area (Å²) in [5.41, 5.74) is 2.87. The van der Waals surface area contributed by atoms with E-state index in [9.17, 15) is 4.79 Å². The van der Waals surface area contributed by atoms with Gasteiger partial charge < -0.3 is 4.90 Å². The van der Waals surface area contributed by atoms with Gasteiger partial charge in [0.2, 0.25) is 0 Å². The van der Waals surface area contributed by atoms with E-state index in [1.54, 1.807) is 0 Å². The van der Waals surface area contributed by atoms with Crippen molar-refractivity contribution < 1.29 is 4.79 Å². The van der Waals surface area contributed by atoms with Gasteiger partial charge in [-0.2, -0.15) is 0 Å². The molecule has 19 heavy (non-hydrogen) atoms. The lowest BCUT2D eigenvalue weighted by Gasteiger charge is -2.16. The first-order valence-electron chi connectivity index (χ1n) is 6.63. The number of aromatic nitrogens is 1. The number of anilines is 1. The van der Waals surface area contributed by atoms with Gasteiger partial charge in [-0.25, -0.2) is 4.98 Å². The van der Waals surface area contributed by atoms with Crippen molar-refractivity contribution in [2.75, 3.05) is 18.0 Å². The van der Waals surface area contributed by atoms with E-state index in [-0.39, 0.29) is 0 Å².